The van der Waals surface area contributed by atoms with Crippen molar-refractivity contribution in [3.63, 3.8) is 0 Å². The van der Waals surface area contributed by atoms with Gasteiger partial charge in [0.2, 0.25) is 5.91 Å². The number of carbonyl (C=O) groups excluding carboxylic acids is 1. The van der Waals surface area contributed by atoms with Gasteiger partial charge in [-0.15, -0.1) is 0 Å². The van der Waals surface area contributed by atoms with Gasteiger partial charge in [0.15, 0.2) is 0 Å². The van der Waals surface area contributed by atoms with Gasteiger partial charge in [0.25, 0.3) is 0 Å². The zero-order valence-electron chi connectivity index (χ0n) is 18.0. The first-order valence-electron chi connectivity index (χ1n) is 10.2. The second-order valence-corrected chi connectivity index (χ2v) is 7.71. The molecule has 0 aliphatic heterocycles. The molecule has 1 N–H and O–H groups in total. The number of rotatable bonds is 5. The average Bonchev–Trinajstić information content (AvgIpc) is 3.06. The molecule has 0 radical (unpaired) electrons. The molecule has 0 saturated carbocycles. The molecule has 0 unspecified atom stereocenters. The maximum atomic E-state index is 12.8. The van der Waals surface area contributed by atoms with Crippen molar-refractivity contribution in [1.82, 2.24) is 15.0 Å². The molecule has 8 heteroatoms. The lowest BCUT2D eigenvalue weighted by atomic mass is 10.1. The molecule has 0 fully saturated rings. The van der Waals surface area contributed by atoms with Crippen molar-refractivity contribution in [2.45, 2.75) is 26.4 Å². The van der Waals surface area contributed by atoms with Crippen molar-refractivity contribution in [3.05, 3.63) is 94.9 Å². The van der Waals surface area contributed by atoms with E-state index in [1.807, 2.05) is 44.2 Å². The molecule has 0 aliphatic carbocycles. The van der Waals surface area contributed by atoms with Gasteiger partial charge < -0.3 is 4.57 Å². The monoisotopic (exact) mass is 450 g/mol. The minimum Gasteiger partial charge on any atom is -0.318 e. The van der Waals surface area contributed by atoms with E-state index in [4.69, 9.17) is 0 Å². The van der Waals surface area contributed by atoms with Crippen molar-refractivity contribution in [3.8, 4) is 5.69 Å². The Morgan fingerprint density at radius 3 is 2.70 bits per heavy atom. The van der Waals surface area contributed by atoms with Crippen molar-refractivity contribution in [2.24, 2.45) is 5.10 Å². The molecule has 4 rings (SSSR count). The first kappa shape index (κ1) is 22.3. The fourth-order valence-electron chi connectivity index (χ4n) is 3.77. The molecule has 0 saturated heterocycles. The Kier molecular flexibility index (Phi) is 6.00. The predicted molar refractivity (Wildman–Crippen MR) is 121 cm³/mol. The number of pyridine rings is 1. The van der Waals surface area contributed by atoms with Gasteiger partial charge in [-0.1, -0.05) is 24.3 Å². The van der Waals surface area contributed by atoms with E-state index in [0.29, 0.717) is 0 Å². The number of aromatic nitrogens is 2. The highest BCUT2D eigenvalue weighted by Crippen LogP contribution is 2.29. The van der Waals surface area contributed by atoms with E-state index < -0.39 is 17.6 Å². The summed E-state index contributed by atoms with van der Waals surface area (Å²) in [7, 11) is 0. The summed E-state index contributed by atoms with van der Waals surface area (Å²) in [5.74, 6) is -0.499. The van der Waals surface area contributed by atoms with Crippen LogP contribution in [0.5, 0.6) is 0 Å². The van der Waals surface area contributed by atoms with Gasteiger partial charge in [0, 0.05) is 34.2 Å². The Morgan fingerprint density at radius 2 is 1.91 bits per heavy atom. The predicted octanol–water partition coefficient (Wildman–Crippen LogP) is 5.35. The van der Waals surface area contributed by atoms with E-state index in [2.05, 4.69) is 26.1 Å². The molecule has 2 aromatic carbocycles. The third kappa shape index (κ3) is 4.95. The summed E-state index contributed by atoms with van der Waals surface area (Å²) in [6.45, 7) is 3.93. The normalized spacial score (nSPS) is 11.9. The number of alkyl halides is 3. The Hall–Kier alpha value is -3.94. The van der Waals surface area contributed by atoms with Crippen molar-refractivity contribution in [2.75, 3.05) is 0 Å². The highest BCUT2D eigenvalue weighted by atomic mass is 19.4. The van der Waals surface area contributed by atoms with E-state index in [0.717, 1.165) is 45.7 Å². The summed E-state index contributed by atoms with van der Waals surface area (Å²) in [5, 5.41) is 5.03. The van der Waals surface area contributed by atoms with Crippen LogP contribution in [0, 0.1) is 13.8 Å². The third-order valence-electron chi connectivity index (χ3n) is 5.33. The van der Waals surface area contributed by atoms with E-state index >= 15 is 0 Å². The van der Waals surface area contributed by atoms with Gasteiger partial charge >= 0.3 is 6.18 Å². The molecule has 0 spiro atoms. The number of nitrogens with zero attached hydrogens (tertiary/aromatic N) is 3. The van der Waals surface area contributed by atoms with Gasteiger partial charge in [-0.05, 0) is 55.8 Å². The second kappa shape index (κ2) is 8.90. The van der Waals surface area contributed by atoms with Gasteiger partial charge in [-0.3, -0.25) is 9.78 Å². The number of fused-ring (bicyclic) bond motifs is 1. The minimum atomic E-state index is -4.45. The Balaban J connectivity index is 1.47. The lowest BCUT2D eigenvalue weighted by molar-refractivity contribution is -0.137. The van der Waals surface area contributed by atoms with Gasteiger partial charge in [0.05, 0.1) is 23.7 Å². The molecule has 1 amide bonds. The Morgan fingerprint density at radius 1 is 1.09 bits per heavy atom. The number of carbonyl (C=O) groups is 1. The van der Waals surface area contributed by atoms with Crippen LogP contribution in [0.2, 0.25) is 0 Å². The largest absolute Gasteiger partial charge is 0.416 e. The minimum absolute atomic E-state index is 0.203. The Bertz CT molecular complexity index is 1360. The molecule has 4 aromatic rings. The quantitative estimate of drug-likeness (QED) is 0.329. The number of amides is 1. The van der Waals surface area contributed by atoms with Crippen LogP contribution in [0.1, 0.15) is 28.1 Å². The summed E-state index contributed by atoms with van der Waals surface area (Å²) in [4.78, 5) is 16.5. The van der Waals surface area contributed by atoms with Gasteiger partial charge in [-0.25, -0.2) is 5.43 Å². The molecular formula is C25H21F3N4O. The molecule has 2 heterocycles. The summed E-state index contributed by atoms with van der Waals surface area (Å²) in [6.07, 6.45) is -1.37. The number of halogens is 3. The first-order valence-corrected chi connectivity index (χ1v) is 10.2. The lowest BCUT2D eigenvalue weighted by Crippen LogP contribution is -2.20. The fraction of sp³-hybridized carbons (Fsp3) is 0.160. The van der Waals surface area contributed by atoms with E-state index in [1.54, 1.807) is 6.20 Å². The van der Waals surface area contributed by atoms with Gasteiger partial charge in [0.1, 0.15) is 0 Å². The van der Waals surface area contributed by atoms with Crippen LogP contribution in [-0.4, -0.2) is 21.7 Å². The smallest absolute Gasteiger partial charge is 0.318 e. The van der Waals surface area contributed by atoms with E-state index in [1.165, 1.54) is 18.3 Å². The van der Waals surface area contributed by atoms with Crippen molar-refractivity contribution < 1.29 is 18.0 Å². The molecule has 2 aromatic heterocycles. The van der Waals surface area contributed by atoms with Crippen LogP contribution in [0.25, 0.3) is 16.6 Å². The number of hydrazone groups is 1. The second-order valence-electron chi connectivity index (χ2n) is 7.71. The third-order valence-corrected chi connectivity index (χ3v) is 5.33. The van der Waals surface area contributed by atoms with E-state index in [9.17, 15) is 18.0 Å². The highest BCUT2D eigenvalue weighted by Gasteiger charge is 2.30. The summed E-state index contributed by atoms with van der Waals surface area (Å²) < 4.78 is 40.6. The number of nitrogens with one attached hydrogen (secondary N) is 1. The van der Waals surface area contributed by atoms with Crippen LogP contribution in [0.4, 0.5) is 13.2 Å². The number of aryl methyl sites for hydroxylation is 1. The van der Waals surface area contributed by atoms with Crippen LogP contribution in [0.3, 0.4) is 0 Å². The summed E-state index contributed by atoms with van der Waals surface area (Å²) >= 11 is 0. The molecule has 168 valence electrons. The molecule has 33 heavy (non-hydrogen) atoms. The van der Waals surface area contributed by atoms with Crippen LogP contribution < -0.4 is 5.43 Å². The first-order chi connectivity index (χ1) is 15.7. The molecule has 0 aliphatic rings. The summed E-state index contributed by atoms with van der Waals surface area (Å²) in [6, 6.07) is 16.6. The SMILES string of the molecule is Cc1cc(/C=N/NC(=O)Cc2cccc(C(F)(F)F)c2)c(C)n1-c1ccc2ncccc2c1. The molecule has 5 nitrogen and oxygen atoms in total. The average molecular weight is 450 g/mol. The van der Waals surface area contributed by atoms with E-state index in [-0.39, 0.29) is 12.0 Å². The maximum Gasteiger partial charge on any atom is 0.416 e. The van der Waals surface area contributed by atoms with Crippen molar-refractivity contribution in [1.29, 1.82) is 0 Å². The zero-order valence-corrected chi connectivity index (χ0v) is 18.0. The van der Waals surface area contributed by atoms with Crippen LogP contribution in [-0.2, 0) is 17.4 Å². The topological polar surface area (TPSA) is 59.3 Å². The van der Waals surface area contributed by atoms with Crippen LogP contribution in [0.15, 0.2) is 72.0 Å². The standard InChI is InChI=1S/C25H21F3N4O/c1-16-11-20(17(2)32(16)22-8-9-23-19(14-22)6-4-10-29-23)15-30-31-24(33)13-18-5-3-7-21(12-18)25(26,27)28/h3-12,14-15H,13H2,1-2H3,(H,31,33)/b30-15+. The summed E-state index contributed by atoms with van der Waals surface area (Å²) in [5.41, 5.74) is 6.51. The highest BCUT2D eigenvalue weighted by molar-refractivity contribution is 5.85. The molecular weight excluding hydrogens is 429 g/mol. The van der Waals surface area contributed by atoms with Crippen molar-refractivity contribution >= 4 is 23.0 Å². The maximum absolute atomic E-state index is 12.8. The molecule has 0 bridgehead atoms. The lowest BCUT2D eigenvalue weighted by Gasteiger charge is -2.10. The fourth-order valence-corrected chi connectivity index (χ4v) is 3.77. The number of hydrogen-bond donors (Lipinski definition) is 1. The Labute approximate surface area is 188 Å². The number of benzene rings is 2. The van der Waals surface area contributed by atoms with Crippen LogP contribution >= 0.6 is 0 Å². The zero-order chi connectivity index (χ0) is 23.6. The number of hydrogen-bond acceptors (Lipinski definition) is 3. The van der Waals surface area contributed by atoms with Gasteiger partial charge in [-0.2, -0.15) is 18.3 Å². The molecule has 0 atom stereocenters.